The number of carbonyl (C=O) groups is 1. The van der Waals surface area contributed by atoms with E-state index in [1.54, 1.807) is 11.3 Å². The minimum absolute atomic E-state index is 0. The second-order valence-electron chi connectivity index (χ2n) is 8.01. The number of thiazole rings is 1. The van der Waals surface area contributed by atoms with Crippen molar-refractivity contribution < 1.29 is 4.79 Å². The average molecular weight is 437 g/mol. The van der Waals surface area contributed by atoms with E-state index in [9.17, 15) is 4.79 Å². The Hall–Kier alpha value is -0.400. The number of rotatable bonds is 7. The van der Waals surface area contributed by atoms with E-state index in [2.05, 4.69) is 34.8 Å². The summed E-state index contributed by atoms with van der Waals surface area (Å²) in [6, 6.07) is 0.578. The number of amides is 1. The summed E-state index contributed by atoms with van der Waals surface area (Å²) in [5.41, 5.74) is 1.01. The minimum atomic E-state index is 0. The van der Waals surface area contributed by atoms with Gasteiger partial charge in [-0.25, -0.2) is 4.98 Å². The van der Waals surface area contributed by atoms with Crippen LogP contribution in [0.25, 0.3) is 0 Å². The van der Waals surface area contributed by atoms with Crippen molar-refractivity contribution in [3.63, 3.8) is 0 Å². The highest BCUT2D eigenvalue weighted by Gasteiger charge is 2.32. The third-order valence-electron chi connectivity index (χ3n) is 5.51. The largest absolute Gasteiger partial charge is 0.340 e. The predicted molar refractivity (Wildman–Crippen MR) is 117 cm³/mol. The van der Waals surface area contributed by atoms with Crippen LogP contribution in [0.15, 0.2) is 5.38 Å². The second kappa shape index (κ2) is 11.6. The summed E-state index contributed by atoms with van der Waals surface area (Å²) >= 11 is 1.69. The highest BCUT2D eigenvalue weighted by molar-refractivity contribution is 7.09. The Balaban J connectivity index is 0.00000182. The predicted octanol–water partition coefficient (Wildman–Crippen LogP) is 3.44. The third-order valence-corrected chi connectivity index (χ3v) is 6.70. The second-order valence-corrected chi connectivity index (χ2v) is 8.90. The third kappa shape index (κ3) is 6.86. The molecule has 0 radical (unpaired) electrons. The number of hydrogen-bond acceptors (Lipinski definition) is 5. The SMILES string of the molecule is CC(C)c1nc(CN(C)C(=O)CCC[C@@H]2NC[C@@H]3CNC[C@H]2C3)cs1.Cl.Cl. The molecule has 2 aliphatic heterocycles. The normalized spacial score (nSPS) is 24.1. The monoisotopic (exact) mass is 436 g/mol. The molecule has 0 aromatic carbocycles. The Labute approximate surface area is 179 Å². The fourth-order valence-electron chi connectivity index (χ4n) is 4.01. The molecule has 5 nitrogen and oxygen atoms in total. The van der Waals surface area contributed by atoms with Crippen molar-refractivity contribution in [3.8, 4) is 0 Å². The first-order chi connectivity index (χ1) is 12.0. The van der Waals surface area contributed by atoms with E-state index < -0.39 is 0 Å². The summed E-state index contributed by atoms with van der Waals surface area (Å²) in [6.07, 6.45) is 4.06. The van der Waals surface area contributed by atoms with Crippen LogP contribution in [0.3, 0.4) is 0 Å². The van der Waals surface area contributed by atoms with Crippen LogP contribution in [0, 0.1) is 11.8 Å². The summed E-state index contributed by atoms with van der Waals surface area (Å²) in [4.78, 5) is 18.9. The summed E-state index contributed by atoms with van der Waals surface area (Å²) in [7, 11) is 1.89. The van der Waals surface area contributed by atoms with Gasteiger partial charge in [-0.2, -0.15) is 0 Å². The zero-order valence-corrected chi connectivity index (χ0v) is 19.0. The summed E-state index contributed by atoms with van der Waals surface area (Å²) in [5.74, 6) is 2.23. The van der Waals surface area contributed by atoms with Gasteiger partial charge in [0.05, 0.1) is 17.2 Å². The number of halogens is 2. The van der Waals surface area contributed by atoms with Crippen molar-refractivity contribution >= 4 is 42.1 Å². The van der Waals surface area contributed by atoms with Gasteiger partial charge in [0, 0.05) is 30.8 Å². The van der Waals surface area contributed by atoms with Crippen molar-refractivity contribution in [2.75, 3.05) is 26.7 Å². The van der Waals surface area contributed by atoms with E-state index in [-0.39, 0.29) is 30.7 Å². The Morgan fingerprint density at radius 3 is 2.81 bits per heavy atom. The van der Waals surface area contributed by atoms with Crippen molar-refractivity contribution in [1.82, 2.24) is 20.5 Å². The van der Waals surface area contributed by atoms with Gasteiger partial charge in [0.15, 0.2) is 0 Å². The molecule has 0 aliphatic carbocycles. The van der Waals surface area contributed by atoms with Crippen LogP contribution in [0.1, 0.15) is 56.2 Å². The molecule has 156 valence electrons. The maximum absolute atomic E-state index is 12.4. The number of hydrogen-bond donors (Lipinski definition) is 2. The molecular formula is C19H34Cl2N4OS. The first kappa shape index (κ1) is 24.6. The zero-order chi connectivity index (χ0) is 17.8. The van der Waals surface area contributed by atoms with E-state index in [1.165, 1.54) is 6.42 Å². The highest BCUT2D eigenvalue weighted by Crippen LogP contribution is 2.26. The molecule has 1 amide bonds. The molecule has 0 spiro atoms. The molecule has 3 rings (SSSR count). The number of aromatic nitrogens is 1. The molecule has 3 atom stereocenters. The Morgan fingerprint density at radius 1 is 1.33 bits per heavy atom. The fraction of sp³-hybridized carbons (Fsp3) is 0.789. The lowest BCUT2D eigenvalue weighted by molar-refractivity contribution is -0.130. The van der Waals surface area contributed by atoms with E-state index >= 15 is 0 Å². The summed E-state index contributed by atoms with van der Waals surface area (Å²) < 4.78 is 0. The average Bonchev–Trinajstić information content (AvgIpc) is 3.06. The number of fused-ring (bicyclic) bond motifs is 2. The van der Waals surface area contributed by atoms with Crippen molar-refractivity contribution in [3.05, 3.63) is 16.1 Å². The number of piperidine rings is 2. The van der Waals surface area contributed by atoms with E-state index in [4.69, 9.17) is 0 Å². The topological polar surface area (TPSA) is 57.3 Å². The lowest BCUT2D eigenvalue weighted by atomic mass is 9.80. The van der Waals surface area contributed by atoms with Crippen molar-refractivity contribution in [2.45, 2.75) is 58.0 Å². The Morgan fingerprint density at radius 2 is 2.11 bits per heavy atom. The lowest BCUT2D eigenvalue weighted by Gasteiger charge is -2.41. The van der Waals surface area contributed by atoms with Gasteiger partial charge < -0.3 is 15.5 Å². The molecule has 1 aromatic heterocycles. The molecule has 27 heavy (non-hydrogen) atoms. The molecule has 2 N–H and O–H groups in total. The van der Waals surface area contributed by atoms with Gasteiger partial charge in [-0.3, -0.25) is 4.79 Å². The highest BCUT2D eigenvalue weighted by atomic mass is 35.5. The Kier molecular flexibility index (Phi) is 10.6. The quantitative estimate of drug-likeness (QED) is 0.686. The van der Waals surface area contributed by atoms with Crippen LogP contribution >= 0.6 is 36.2 Å². The number of carbonyl (C=O) groups excluding carboxylic acids is 1. The number of nitrogens with one attached hydrogen (secondary N) is 2. The molecule has 0 unspecified atom stereocenters. The van der Waals surface area contributed by atoms with Gasteiger partial charge in [-0.15, -0.1) is 36.2 Å². The lowest BCUT2D eigenvalue weighted by Crippen LogP contribution is -2.54. The smallest absolute Gasteiger partial charge is 0.222 e. The first-order valence-electron chi connectivity index (χ1n) is 9.65. The molecular weight excluding hydrogens is 403 g/mol. The Bertz CT molecular complexity index is 584. The molecule has 2 bridgehead atoms. The van der Waals surface area contributed by atoms with Crippen LogP contribution in [-0.2, 0) is 11.3 Å². The molecule has 2 aliphatic rings. The van der Waals surface area contributed by atoms with Crippen molar-refractivity contribution in [1.29, 1.82) is 0 Å². The molecule has 2 fully saturated rings. The standard InChI is InChI=1S/C19H32N4OS.2ClH/c1-13(2)19-22-16(12-25-19)11-23(3)18(24)6-4-5-17-15-7-14(9-21-17)8-20-10-15;;/h12-15,17,20-21H,4-11H2,1-3H3;2*1H/t14-,15+,17-;;/m0../s1. The van der Waals surface area contributed by atoms with Gasteiger partial charge in [-0.1, -0.05) is 13.8 Å². The van der Waals surface area contributed by atoms with Crippen LogP contribution in [0.2, 0.25) is 0 Å². The maximum Gasteiger partial charge on any atom is 0.222 e. The summed E-state index contributed by atoms with van der Waals surface area (Å²) in [5, 5.41) is 10.5. The molecule has 1 aromatic rings. The zero-order valence-electron chi connectivity index (χ0n) is 16.6. The molecule has 0 saturated carbocycles. The van der Waals surface area contributed by atoms with Crippen LogP contribution < -0.4 is 10.6 Å². The fourth-order valence-corrected chi connectivity index (χ4v) is 4.83. The van der Waals surface area contributed by atoms with Crippen LogP contribution in [0.5, 0.6) is 0 Å². The maximum atomic E-state index is 12.4. The van der Waals surface area contributed by atoms with Gasteiger partial charge in [0.25, 0.3) is 0 Å². The molecule has 2 saturated heterocycles. The number of nitrogens with zero attached hydrogens (tertiary/aromatic N) is 2. The van der Waals surface area contributed by atoms with Gasteiger partial charge in [-0.05, 0) is 50.7 Å². The first-order valence-corrected chi connectivity index (χ1v) is 10.5. The van der Waals surface area contributed by atoms with Gasteiger partial charge >= 0.3 is 0 Å². The minimum Gasteiger partial charge on any atom is -0.340 e. The van der Waals surface area contributed by atoms with Crippen LogP contribution in [0.4, 0.5) is 0 Å². The van der Waals surface area contributed by atoms with E-state index in [0.29, 0.717) is 24.9 Å². The molecule has 3 heterocycles. The van der Waals surface area contributed by atoms with Gasteiger partial charge in [0.1, 0.15) is 0 Å². The van der Waals surface area contributed by atoms with Crippen LogP contribution in [-0.4, -0.2) is 48.5 Å². The van der Waals surface area contributed by atoms with Crippen molar-refractivity contribution in [2.24, 2.45) is 11.8 Å². The van der Waals surface area contributed by atoms with E-state index in [0.717, 1.165) is 55.0 Å². The van der Waals surface area contributed by atoms with E-state index in [1.807, 2.05) is 11.9 Å². The van der Waals surface area contributed by atoms with Gasteiger partial charge in [0.2, 0.25) is 5.91 Å². The molecule has 8 heteroatoms. The summed E-state index contributed by atoms with van der Waals surface area (Å²) in [6.45, 7) is 8.35.